The molecule has 1 aliphatic rings. The highest BCUT2D eigenvalue weighted by Crippen LogP contribution is 2.21. The summed E-state index contributed by atoms with van der Waals surface area (Å²) in [5, 5.41) is 0. The summed E-state index contributed by atoms with van der Waals surface area (Å²) in [6.07, 6.45) is 1.96. The van der Waals surface area contributed by atoms with E-state index in [9.17, 15) is 4.79 Å². The molecule has 2 nitrogen and oxygen atoms in total. The van der Waals surface area contributed by atoms with Gasteiger partial charge in [-0.2, -0.15) is 0 Å². The van der Waals surface area contributed by atoms with Crippen LogP contribution in [-0.4, -0.2) is 17.4 Å². The average molecular weight is 201 g/mol. The Bertz CT molecular complexity index is 394. The molecular formula is C13H15NO. The third kappa shape index (κ3) is 1.94. The highest BCUT2D eigenvalue weighted by Gasteiger charge is 2.22. The SMILES string of the molecule is CC1=CN(C(=O)c2ccccc2)CC1C. The number of carbonyl (C=O) groups is 1. The summed E-state index contributed by atoms with van der Waals surface area (Å²) in [5.41, 5.74) is 2.04. The smallest absolute Gasteiger partial charge is 0.257 e. The topological polar surface area (TPSA) is 20.3 Å². The van der Waals surface area contributed by atoms with Crippen molar-refractivity contribution in [2.45, 2.75) is 13.8 Å². The largest absolute Gasteiger partial charge is 0.314 e. The number of benzene rings is 1. The minimum atomic E-state index is 0.0966. The van der Waals surface area contributed by atoms with Gasteiger partial charge in [-0.1, -0.05) is 30.7 Å². The van der Waals surface area contributed by atoms with Crippen LogP contribution in [-0.2, 0) is 0 Å². The second kappa shape index (κ2) is 3.89. The zero-order valence-electron chi connectivity index (χ0n) is 9.10. The van der Waals surface area contributed by atoms with Crippen molar-refractivity contribution >= 4 is 5.91 Å². The molecule has 1 heterocycles. The van der Waals surface area contributed by atoms with E-state index in [4.69, 9.17) is 0 Å². The van der Waals surface area contributed by atoms with Gasteiger partial charge in [0.25, 0.3) is 5.91 Å². The Hall–Kier alpha value is -1.57. The van der Waals surface area contributed by atoms with Gasteiger partial charge in [0.2, 0.25) is 0 Å². The van der Waals surface area contributed by atoms with Gasteiger partial charge in [-0.15, -0.1) is 0 Å². The fourth-order valence-corrected chi connectivity index (χ4v) is 1.75. The monoisotopic (exact) mass is 201 g/mol. The van der Waals surface area contributed by atoms with Crippen LogP contribution in [0, 0.1) is 5.92 Å². The Morgan fingerprint density at radius 3 is 2.53 bits per heavy atom. The minimum Gasteiger partial charge on any atom is -0.314 e. The molecule has 1 aromatic carbocycles. The van der Waals surface area contributed by atoms with Gasteiger partial charge in [0, 0.05) is 18.3 Å². The van der Waals surface area contributed by atoms with Crippen LogP contribution in [0.5, 0.6) is 0 Å². The normalized spacial score (nSPS) is 20.3. The molecule has 2 heteroatoms. The van der Waals surface area contributed by atoms with Crippen molar-refractivity contribution in [1.82, 2.24) is 4.90 Å². The van der Waals surface area contributed by atoms with E-state index in [-0.39, 0.29) is 5.91 Å². The lowest BCUT2D eigenvalue weighted by Crippen LogP contribution is -2.25. The van der Waals surface area contributed by atoms with E-state index in [1.165, 1.54) is 5.57 Å². The lowest BCUT2D eigenvalue weighted by Gasteiger charge is -2.14. The van der Waals surface area contributed by atoms with Crippen molar-refractivity contribution in [2.24, 2.45) is 5.92 Å². The fourth-order valence-electron chi connectivity index (χ4n) is 1.75. The van der Waals surface area contributed by atoms with Crippen molar-refractivity contribution in [3.63, 3.8) is 0 Å². The minimum absolute atomic E-state index is 0.0966. The Labute approximate surface area is 90.2 Å². The molecule has 1 aromatic rings. The number of hydrogen-bond donors (Lipinski definition) is 0. The number of hydrogen-bond acceptors (Lipinski definition) is 1. The van der Waals surface area contributed by atoms with E-state index in [2.05, 4.69) is 13.8 Å². The summed E-state index contributed by atoms with van der Waals surface area (Å²) in [6, 6.07) is 9.42. The summed E-state index contributed by atoms with van der Waals surface area (Å²) in [4.78, 5) is 13.8. The highest BCUT2D eigenvalue weighted by molar-refractivity contribution is 5.95. The van der Waals surface area contributed by atoms with Gasteiger partial charge >= 0.3 is 0 Å². The second-order valence-electron chi connectivity index (χ2n) is 4.10. The summed E-state index contributed by atoms with van der Waals surface area (Å²) in [6.45, 7) is 5.02. The molecular weight excluding hydrogens is 186 g/mol. The van der Waals surface area contributed by atoms with Gasteiger partial charge in [-0.3, -0.25) is 4.79 Å². The fraction of sp³-hybridized carbons (Fsp3) is 0.308. The van der Waals surface area contributed by atoms with E-state index >= 15 is 0 Å². The molecule has 2 rings (SSSR count). The quantitative estimate of drug-likeness (QED) is 0.684. The lowest BCUT2D eigenvalue weighted by atomic mass is 10.1. The number of rotatable bonds is 1. The third-order valence-corrected chi connectivity index (χ3v) is 2.89. The van der Waals surface area contributed by atoms with E-state index in [0.717, 1.165) is 12.1 Å². The number of nitrogens with zero attached hydrogens (tertiary/aromatic N) is 1. The van der Waals surface area contributed by atoms with Crippen LogP contribution in [0.1, 0.15) is 24.2 Å². The summed E-state index contributed by atoms with van der Waals surface area (Å²) >= 11 is 0. The van der Waals surface area contributed by atoms with Crippen LogP contribution in [0.25, 0.3) is 0 Å². The number of carbonyl (C=O) groups excluding carboxylic acids is 1. The molecule has 0 fully saturated rings. The first-order valence-corrected chi connectivity index (χ1v) is 5.23. The zero-order valence-corrected chi connectivity index (χ0v) is 9.10. The van der Waals surface area contributed by atoms with Crippen LogP contribution >= 0.6 is 0 Å². The molecule has 0 spiro atoms. The Balaban J connectivity index is 2.18. The molecule has 1 aliphatic heterocycles. The maximum absolute atomic E-state index is 12.0. The predicted octanol–water partition coefficient (Wildman–Crippen LogP) is 2.68. The zero-order chi connectivity index (χ0) is 10.8. The maximum atomic E-state index is 12.0. The van der Waals surface area contributed by atoms with Gasteiger partial charge in [-0.25, -0.2) is 0 Å². The van der Waals surface area contributed by atoms with Crippen LogP contribution in [0.4, 0.5) is 0 Å². The molecule has 15 heavy (non-hydrogen) atoms. The molecule has 1 unspecified atom stereocenters. The van der Waals surface area contributed by atoms with Gasteiger partial charge in [-0.05, 0) is 25.0 Å². The van der Waals surface area contributed by atoms with Gasteiger partial charge in [0.15, 0.2) is 0 Å². The van der Waals surface area contributed by atoms with Crippen molar-refractivity contribution in [3.05, 3.63) is 47.7 Å². The predicted molar refractivity (Wildman–Crippen MR) is 60.4 cm³/mol. The van der Waals surface area contributed by atoms with E-state index in [1.54, 1.807) is 4.90 Å². The maximum Gasteiger partial charge on any atom is 0.257 e. The molecule has 0 aromatic heterocycles. The van der Waals surface area contributed by atoms with Gasteiger partial charge < -0.3 is 4.90 Å². The van der Waals surface area contributed by atoms with E-state index in [0.29, 0.717) is 5.92 Å². The molecule has 1 atom stereocenters. The number of amides is 1. The first kappa shape index (κ1) is 9.97. The van der Waals surface area contributed by atoms with E-state index in [1.807, 2.05) is 36.5 Å². The van der Waals surface area contributed by atoms with Crippen molar-refractivity contribution in [3.8, 4) is 0 Å². The van der Waals surface area contributed by atoms with Crippen LogP contribution in [0.2, 0.25) is 0 Å². The third-order valence-electron chi connectivity index (χ3n) is 2.89. The summed E-state index contributed by atoms with van der Waals surface area (Å²) in [5.74, 6) is 0.581. The van der Waals surface area contributed by atoms with Crippen molar-refractivity contribution in [2.75, 3.05) is 6.54 Å². The van der Waals surface area contributed by atoms with Crippen LogP contribution in [0.15, 0.2) is 42.1 Å². The highest BCUT2D eigenvalue weighted by atomic mass is 16.2. The standard InChI is InChI=1S/C13H15NO/c1-10-8-14(9-11(10)2)13(15)12-6-4-3-5-7-12/h3-8,11H,9H2,1-2H3. The van der Waals surface area contributed by atoms with Gasteiger partial charge in [0.05, 0.1) is 0 Å². The Kier molecular flexibility index (Phi) is 2.58. The van der Waals surface area contributed by atoms with Gasteiger partial charge in [0.1, 0.15) is 0 Å². The second-order valence-corrected chi connectivity index (χ2v) is 4.10. The molecule has 0 radical (unpaired) electrons. The molecule has 78 valence electrons. The molecule has 0 aliphatic carbocycles. The molecule has 0 N–H and O–H groups in total. The summed E-state index contributed by atoms with van der Waals surface area (Å²) < 4.78 is 0. The van der Waals surface area contributed by atoms with Crippen LogP contribution < -0.4 is 0 Å². The molecule has 0 saturated carbocycles. The molecule has 0 bridgehead atoms. The van der Waals surface area contributed by atoms with Crippen LogP contribution in [0.3, 0.4) is 0 Å². The molecule has 0 saturated heterocycles. The van der Waals surface area contributed by atoms with E-state index < -0.39 is 0 Å². The van der Waals surface area contributed by atoms with Crippen molar-refractivity contribution in [1.29, 1.82) is 0 Å². The lowest BCUT2D eigenvalue weighted by molar-refractivity contribution is 0.0825. The Morgan fingerprint density at radius 1 is 1.33 bits per heavy atom. The average Bonchev–Trinajstić information content (AvgIpc) is 2.59. The first-order chi connectivity index (χ1) is 7.18. The van der Waals surface area contributed by atoms with Crippen molar-refractivity contribution < 1.29 is 4.79 Å². The first-order valence-electron chi connectivity index (χ1n) is 5.23. The summed E-state index contributed by atoms with van der Waals surface area (Å²) in [7, 11) is 0. The molecule has 1 amide bonds. The Morgan fingerprint density at radius 2 is 2.00 bits per heavy atom.